The van der Waals surface area contributed by atoms with Gasteiger partial charge in [0, 0.05) is 35.8 Å². The number of fused-ring (bicyclic) bond motifs is 4. The Kier molecular flexibility index (Phi) is 3.83. The van der Waals surface area contributed by atoms with Crippen molar-refractivity contribution >= 4 is 39.6 Å². The summed E-state index contributed by atoms with van der Waals surface area (Å²) in [7, 11) is 2.03. The predicted octanol–water partition coefficient (Wildman–Crippen LogP) is 4.64. The molecule has 1 aromatic heterocycles. The number of hydrogen-bond acceptors (Lipinski definition) is 4. The first-order chi connectivity index (χ1) is 12.7. The first-order valence-corrected chi connectivity index (χ1v) is 10.3. The Labute approximate surface area is 162 Å². The molecule has 134 valence electrons. The lowest BCUT2D eigenvalue weighted by Crippen LogP contribution is -2.39. The number of thioether (sulfide) groups is 1. The molecule has 0 saturated heterocycles. The minimum absolute atomic E-state index is 0.245. The summed E-state index contributed by atoms with van der Waals surface area (Å²) in [6, 6.07) is 8.58. The normalized spacial score (nSPS) is 22.5. The number of halogens is 1. The Balaban J connectivity index is 1.55. The minimum atomic E-state index is 0.245. The van der Waals surface area contributed by atoms with Crippen LogP contribution in [0.4, 0.5) is 0 Å². The number of aromatic amines is 1. The lowest BCUT2D eigenvalue weighted by molar-refractivity contribution is 0.306. The highest BCUT2D eigenvalue weighted by Gasteiger charge is 2.36. The van der Waals surface area contributed by atoms with E-state index in [-0.39, 0.29) is 5.37 Å². The van der Waals surface area contributed by atoms with Gasteiger partial charge in [0.05, 0.1) is 6.54 Å². The summed E-state index contributed by atoms with van der Waals surface area (Å²) in [5.74, 6) is 1.04. The van der Waals surface area contributed by atoms with E-state index in [2.05, 4.69) is 52.0 Å². The Morgan fingerprint density at radius 1 is 1.35 bits per heavy atom. The zero-order chi connectivity index (χ0) is 17.8. The van der Waals surface area contributed by atoms with Crippen LogP contribution in [0.3, 0.4) is 0 Å². The van der Waals surface area contributed by atoms with Gasteiger partial charge in [-0.3, -0.25) is 0 Å². The van der Waals surface area contributed by atoms with Gasteiger partial charge in [-0.05, 0) is 47.1 Å². The van der Waals surface area contributed by atoms with E-state index in [9.17, 15) is 0 Å². The average Bonchev–Trinajstić information content (AvgIpc) is 3.25. The molecule has 0 spiro atoms. The molecule has 2 aromatic rings. The SMILES string of the molecule is CCC1=CC2=C(N3CCc4c([nH]c5ccccc45)C3)N=C(Cl)N(C)C2S1. The zero-order valence-corrected chi connectivity index (χ0v) is 16.5. The largest absolute Gasteiger partial charge is 0.357 e. The molecule has 0 bridgehead atoms. The van der Waals surface area contributed by atoms with E-state index in [1.165, 1.54) is 32.6 Å². The highest BCUT2D eigenvalue weighted by atomic mass is 35.5. The average molecular weight is 385 g/mol. The molecule has 0 saturated carbocycles. The lowest BCUT2D eigenvalue weighted by Gasteiger charge is -2.36. The fourth-order valence-electron chi connectivity index (χ4n) is 4.09. The van der Waals surface area contributed by atoms with Crippen LogP contribution in [0.2, 0.25) is 0 Å². The quantitative estimate of drug-likeness (QED) is 0.765. The van der Waals surface area contributed by atoms with Crippen LogP contribution in [0.25, 0.3) is 10.9 Å². The zero-order valence-electron chi connectivity index (χ0n) is 14.9. The van der Waals surface area contributed by atoms with Crippen LogP contribution in [0.5, 0.6) is 0 Å². The number of aromatic nitrogens is 1. The van der Waals surface area contributed by atoms with E-state index in [1.54, 1.807) is 0 Å². The Morgan fingerprint density at radius 2 is 2.19 bits per heavy atom. The maximum atomic E-state index is 6.47. The van der Waals surface area contributed by atoms with Gasteiger partial charge in [-0.25, -0.2) is 4.99 Å². The van der Waals surface area contributed by atoms with Crippen molar-refractivity contribution in [1.29, 1.82) is 0 Å². The second-order valence-corrected chi connectivity index (χ2v) is 8.55. The Morgan fingerprint density at radius 3 is 3.04 bits per heavy atom. The number of aliphatic imine (C=N–C) groups is 1. The number of rotatable bonds is 2. The highest BCUT2D eigenvalue weighted by molar-refractivity contribution is 8.04. The van der Waals surface area contributed by atoms with Gasteiger partial charge in [-0.2, -0.15) is 0 Å². The van der Waals surface area contributed by atoms with Gasteiger partial charge >= 0.3 is 0 Å². The van der Waals surface area contributed by atoms with Gasteiger partial charge in [-0.15, -0.1) is 11.8 Å². The van der Waals surface area contributed by atoms with Crippen molar-refractivity contribution in [3.63, 3.8) is 0 Å². The van der Waals surface area contributed by atoms with E-state index in [1.807, 2.05) is 18.8 Å². The van der Waals surface area contributed by atoms with Crippen LogP contribution in [0.15, 0.2) is 51.6 Å². The topological polar surface area (TPSA) is 34.6 Å². The smallest absolute Gasteiger partial charge is 0.201 e. The fourth-order valence-corrected chi connectivity index (χ4v) is 5.53. The third-order valence-corrected chi connectivity index (χ3v) is 7.33. The molecule has 3 aliphatic heterocycles. The summed E-state index contributed by atoms with van der Waals surface area (Å²) >= 11 is 8.37. The molecule has 1 atom stereocenters. The second-order valence-electron chi connectivity index (χ2n) is 7.00. The molecule has 0 amide bonds. The molecule has 0 fully saturated rings. The van der Waals surface area contributed by atoms with Crippen molar-refractivity contribution in [3.8, 4) is 0 Å². The van der Waals surface area contributed by atoms with Gasteiger partial charge in [0.1, 0.15) is 11.2 Å². The van der Waals surface area contributed by atoms with Gasteiger partial charge in [0.2, 0.25) is 5.29 Å². The number of para-hydroxylation sites is 1. The number of nitrogens with one attached hydrogen (secondary N) is 1. The maximum absolute atomic E-state index is 6.47. The molecule has 4 nitrogen and oxygen atoms in total. The van der Waals surface area contributed by atoms with E-state index in [0.717, 1.165) is 31.8 Å². The van der Waals surface area contributed by atoms with Gasteiger partial charge in [-0.1, -0.05) is 25.1 Å². The second kappa shape index (κ2) is 6.10. The molecule has 0 aliphatic carbocycles. The van der Waals surface area contributed by atoms with E-state index >= 15 is 0 Å². The number of nitrogens with zero attached hydrogens (tertiary/aromatic N) is 3. The number of allylic oxidation sites excluding steroid dienone is 1. The molecule has 1 aromatic carbocycles. The lowest BCUT2D eigenvalue weighted by atomic mass is 10.0. The molecule has 1 N–H and O–H groups in total. The minimum Gasteiger partial charge on any atom is -0.357 e. The third kappa shape index (κ3) is 2.41. The molecular weight excluding hydrogens is 364 g/mol. The van der Waals surface area contributed by atoms with Crippen molar-refractivity contribution in [2.45, 2.75) is 31.7 Å². The summed E-state index contributed by atoms with van der Waals surface area (Å²) in [4.78, 5) is 14.2. The monoisotopic (exact) mass is 384 g/mol. The van der Waals surface area contributed by atoms with Crippen LogP contribution in [0.1, 0.15) is 24.6 Å². The molecule has 3 aliphatic rings. The van der Waals surface area contributed by atoms with Crippen LogP contribution < -0.4 is 0 Å². The molecular formula is C20H21ClN4S. The highest BCUT2D eigenvalue weighted by Crippen LogP contribution is 2.44. The summed E-state index contributed by atoms with van der Waals surface area (Å²) in [6.07, 6.45) is 4.39. The Hall–Kier alpha value is -1.85. The van der Waals surface area contributed by atoms with Crippen molar-refractivity contribution in [2.75, 3.05) is 13.6 Å². The summed E-state index contributed by atoms with van der Waals surface area (Å²) in [5, 5.41) is 2.18. The maximum Gasteiger partial charge on any atom is 0.201 e. The number of benzene rings is 1. The van der Waals surface area contributed by atoms with Crippen molar-refractivity contribution in [3.05, 3.63) is 57.9 Å². The van der Waals surface area contributed by atoms with Crippen molar-refractivity contribution in [1.82, 2.24) is 14.8 Å². The van der Waals surface area contributed by atoms with Crippen molar-refractivity contribution < 1.29 is 0 Å². The van der Waals surface area contributed by atoms with Gasteiger partial charge in [0.15, 0.2) is 0 Å². The summed E-state index contributed by atoms with van der Waals surface area (Å²) in [5.41, 5.74) is 5.27. The van der Waals surface area contributed by atoms with Gasteiger partial charge < -0.3 is 14.8 Å². The molecule has 1 unspecified atom stereocenters. The number of hydrogen-bond donors (Lipinski definition) is 1. The number of amidine groups is 1. The van der Waals surface area contributed by atoms with E-state index in [4.69, 9.17) is 16.6 Å². The Bertz CT molecular complexity index is 987. The standard InChI is InChI=1S/C20H21ClN4S/c1-3-12-10-15-18(23-20(21)24(2)19(15)26-12)25-9-8-14-13-6-4-5-7-16(13)22-17(14)11-25/h4-7,10,19,22H,3,8-9,11H2,1-2H3. The van der Waals surface area contributed by atoms with Gasteiger partial charge in [0.25, 0.3) is 0 Å². The van der Waals surface area contributed by atoms with Crippen LogP contribution in [-0.4, -0.2) is 39.0 Å². The number of likely N-dealkylation sites (N-methyl/N-ethyl adjacent to an activating group) is 1. The first kappa shape index (κ1) is 16.3. The van der Waals surface area contributed by atoms with Crippen molar-refractivity contribution in [2.24, 2.45) is 4.99 Å². The first-order valence-electron chi connectivity index (χ1n) is 9.07. The third-order valence-electron chi connectivity index (χ3n) is 5.48. The summed E-state index contributed by atoms with van der Waals surface area (Å²) in [6.45, 7) is 4.03. The van der Waals surface area contributed by atoms with E-state index < -0.39 is 0 Å². The van der Waals surface area contributed by atoms with Crippen LogP contribution in [0, 0.1) is 0 Å². The molecule has 5 rings (SSSR count). The number of H-pyrrole nitrogens is 1. The fraction of sp³-hybridized carbons (Fsp3) is 0.350. The molecule has 26 heavy (non-hydrogen) atoms. The predicted molar refractivity (Wildman–Crippen MR) is 110 cm³/mol. The molecule has 6 heteroatoms. The van der Waals surface area contributed by atoms with Crippen LogP contribution in [-0.2, 0) is 13.0 Å². The molecule has 4 heterocycles. The van der Waals surface area contributed by atoms with E-state index in [0.29, 0.717) is 5.29 Å². The summed E-state index contributed by atoms with van der Waals surface area (Å²) < 4.78 is 0. The molecule has 0 radical (unpaired) electrons. The van der Waals surface area contributed by atoms with Crippen LogP contribution >= 0.6 is 23.4 Å².